The number of carbonyl (C=O) groups excluding carboxylic acids is 2. The standard InChI is InChI=1S/C24H23F3N6O2/c25-24(26,27)17-2-1-3-18(12-17)33-19-14-32(11-10-30-9-8-28)22(34)20(19)21(31-23(33)35)16-6-4-15(13-29)5-7-16/h1-7,12,21,30H,8-11,14,28H2,(H,31,35)/p+1. The minimum Gasteiger partial charge on any atom is -0.357 e. The molecule has 2 aromatic rings. The van der Waals surface area contributed by atoms with Gasteiger partial charge in [0, 0.05) is 19.6 Å². The molecule has 182 valence electrons. The molecule has 0 saturated carbocycles. The summed E-state index contributed by atoms with van der Waals surface area (Å²) in [6.45, 7) is 2.31. The minimum absolute atomic E-state index is 0.0212. The smallest absolute Gasteiger partial charge is 0.357 e. The van der Waals surface area contributed by atoms with Crippen molar-refractivity contribution in [2.24, 2.45) is 0 Å². The number of amides is 3. The first kappa shape index (κ1) is 24.3. The monoisotopic (exact) mass is 485 g/mol. The van der Waals surface area contributed by atoms with E-state index in [0.717, 1.165) is 17.0 Å². The molecular weight excluding hydrogens is 461 g/mol. The van der Waals surface area contributed by atoms with Crippen LogP contribution in [-0.2, 0) is 11.0 Å². The van der Waals surface area contributed by atoms with Crippen molar-refractivity contribution in [1.29, 1.82) is 5.26 Å². The van der Waals surface area contributed by atoms with E-state index >= 15 is 0 Å². The van der Waals surface area contributed by atoms with Gasteiger partial charge in [-0.25, -0.2) is 4.79 Å². The van der Waals surface area contributed by atoms with Crippen molar-refractivity contribution in [3.05, 3.63) is 76.5 Å². The highest BCUT2D eigenvalue weighted by Crippen LogP contribution is 2.40. The van der Waals surface area contributed by atoms with E-state index in [0.29, 0.717) is 48.6 Å². The third-order valence-corrected chi connectivity index (χ3v) is 5.92. The van der Waals surface area contributed by atoms with E-state index in [1.54, 1.807) is 29.2 Å². The Morgan fingerprint density at radius 1 is 1.14 bits per heavy atom. The third kappa shape index (κ3) is 4.84. The lowest BCUT2D eigenvalue weighted by atomic mass is 9.94. The number of nitriles is 1. The van der Waals surface area contributed by atoms with Crippen molar-refractivity contribution in [1.82, 2.24) is 15.5 Å². The molecule has 2 heterocycles. The summed E-state index contributed by atoms with van der Waals surface area (Å²) >= 11 is 0. The van der Waals surface area contributed by atoms with E-state index in [4.69, 9.17) is 5.26 Å². The fraction of sp³-hybridized carbons (Fsp3) is 0.292. The molecule has 0 radical (unpaired) electrons. The van der Waals surface area contributed by atoms with E-state index in [1.807, 2.05) is 6.07 Å². The molecule has 0 bridgehead atoms. The number of quaternary nitrogens is 1. The van der Waals surface area contributed by atoms with Crippen LogP contribution in [0.3, 0.4) is 0 Å². The maximum Gasteiger partial charge on any atom is 0.416 e. The van der Waals surface area contributed by atoms with E-state index < -0.39 is 23.8 Å². The molecule has 2 aliphatic heterocycles. The fourth-order valence-corrected chi connectivity index (χ4v) is 4.23. The number of alkyl halides is 3. The van der Waals surface area contributed by atoms with Gasteiger partial charge in [-0.15, -0.1) is 0 Å². The molecule has 1 unspecified atom stereocenters. The molecule has 0 fully saturated rings. The number of nitrogens with zero attached hydrogens (tertiary/aromatic N) is 3. The molecule has 0 aliphatic carbocycles. The van der Waals surface area contributed by atoms with Crippen LogP contribution >= 0.6 is 0 Å². The summed E-state index contributed by atoms with van der Waals surface area (Å²) in [5.41, 5.74) is 4.54. The minimum atomic E-state index is -4.58. The Kier molecular flexibility index (Phi) is 6.77. The van der Waals surface area contributed by atoms with Gasteiger partial charge in [0.25, 0.3) is 5.91 Å². The molecule has 5 N–H and O–H groups in total. The van der Waals surface area contributed by atoms with Gasteiger partial charge in [-0.05, 0) is 35.9 Å². The quantitative estimate of drug-likeness (QED) is 0.519. The lowest BCUT2D eigenvalue weighted by Gasteiger charge is -2.33. The van der Waals surface area contributed by atoms with Crippen LogP contribution in [-0.4, -0.2) is 49.6 Å². The number of rotatable bonds is 7. The fourth-order valence-electron chi connectivity index (χ4n) is 4.23. The van der Waals surface area contributed by atoms with Gasteiger partial charge in [0.15, 0.2) is 0 Å². The number of carbonyl (C=O) groups is 2. The Bertz CT molecular complexity index is 1200. The van der Waals surface area contributed by atoms with Crippen LogP contribution in [0.25, 0.3) is 0 Å². The predicted molar refractivity (Wildman–Crippen MR) is 121 cm³/mol. The second-order valence-electron chi connectivity index (χ2n) is 8.19. The second-order valence-corrected chi connectivity index (χ2v) is 8.19. The topological polar surface area (TPSA) is 116 Å². The molecule has 35 heavy (non-hydrogen) atoms. The average molecular weight is 485 g/mol. The van der Waals surface area contributed by atoms with Crippen LogP contribution in [0.15, 0.2) is 59.8 Å². The molecule has 11 heteroatoms. The first-order chi connectivity index (χ1) is 16.7. The number of hydrogen-bond acceptors (Lipinski definition) is 4. The average Bonchev–Trinajstić information content (AvgIpc) is 3.16. The summed E-state index contributed by atoms with van der Waals surface area (Å²) in [4.78, 5) is 29.4. The van der Waals surface area contributed by atoms with Crippen LogP contribution in [0.5, 0.6) is 0 Å². The van der Waals surface area contributed by atoms with Gasteiger partial charge in [0.05, 0.1) is 53.3 Å². The molecule has 2 aromatic carbocycles. The zero-order valence-corrected chi connectivity index (χ0v) is 18.7. The molecule has 8 nitrogen and oxygen atoms in total. The number of anilines is 1. The maximum atomic E-state index is 13.4. The van der Waals surface area contributed by atoms with Crippen molar-refractivity contribution in [3.8, 4) is 6.07 Å². The lowest BCUT2D eigenvalue weighted by molar-refractivity contribution is -0.365. The normalized spacial score (nSPS) is 18.0. The number of urea groups is 1. The third-order valence-electron chi connectivity index (χ3n) is 5.92. The second kappa shape index (κ2) is 9.77. The van der Waals surface area contributed by atoms with Crippen LogP contribution < -0.4 is 21.3 Å². The van der Waals surface area contributed by atoms with Gasteiger partial charge in [-0.1, -0.05) is 18.2 Å². The van der Waals surface area contributed by atoms with Crippen molar-refractivity contribution in [3.63, 3.8) is 0 Å². The molecule has 0 aromatic heterocycles. The van der Waals surface area contributed by atoms with Crippen LogP contribution in [0.4, 0.5) is 23.7 Å². The Morgan fingerprint density at radius 2 is 1.89 bits per heavy atom. The molecular formula is C24H24F3N6O2+. The SMILES string of the molecule is N#Cc1ccc(C2NC(=O)N(c3cccc(C(F)(F)F)c3)C3=C2C(=O)N(CCNCC[NH3+])C3)cc1. The van der Waals surface area contributed by atoms with E-state index in [-0.39, 0.29) is 18.1 Å². The number of halogens is 3. The molecule has 0 saturated heterocycles. The van der Waals surface area contributed by atoms with Crippen molar-refractivity contribution in [2.75, 3.05) is 37.6 Å². The highest BCUT2D eigenvalue weighted by molar-refractivity contribution is 6.07. The molecule has 0 spiro atoms. The van der Waals surface area contributed by atoms with Crippen molar-refractivity contribution < 1.29 is 28.5 Å². The summed E-state index contributed by atoms with van der Waals surface area (Å²) < 4.78 is 40.0. The summed E-state index contributed by atoms with van der Waals surface area (Å²) in [5, 5.41) is 15.0. The lowest BCUT2D eigenvalue weighted by Crippen LogP contribution is -2.54. The Morgan fingerprint density at radius 3 is 2.54 bits per heavy atom. The number of benzene rings is 2. The van der Waals surface area contributed by atoms with Crippen molar-refractivity contribution in [2.45, 2.75) is 12.2 Å². The highest BCUT2D eigenvalue weighted by atomic mass is 19.4. The summed E-state index contributed by atoms with van der Waals surface area (Å²) in [6.07, 6.45) is -4.58. The number of nitrogens with one attached hydrogen (secondary N) is 2. The van der Waals surface area contributed by atoms with Gasteiger partial charge < -0.3 is 21.3 Å². The van der Waals surface area contributed by atoms with Gasteiger partial charge in [0.2, 0.25) is 0 Å². The largest absolute Gasteiger partial charge is 0.416 e. The van der Waals surface area contributed by atoms with E-state index in [1.165, 1.54) is 12.1 Å². The first-order valence-electron chi connectivity index (χ1n) is 11.0. The summed E-state index contributed by atoms with van der Waals surface area (Å²) in [5.74, 6) is -0.303. The Balaban J connectivity index is 1.74. The van der Waals surface area contributed by atoms with E-state index in [9.17, 15) is 22.8 Å². The first-order valence-corrected chi connectivity index (χ1v) is 11.0. The van der Waals surface area contributed by atoms with Crippen molar-refractivity contribution >= 4 is 17.6 Å². The van der Waals surface area contributed by atoms with Gasteiger partial charge in [0.1, 0.15) is 0 Å². The van der Waals surface area contributed by atoms with Crippen LogP contribution in [0, 0.1) is 11.3 Å². The van der Waals surface area contributed by atoms with Gasteiger partial charge >= 0.3 is 12.2 Å². The Labute approximate surface area is 199 Å². The highest BCUT2D eigenvalue weighted by Gasteiger charge is 2.44. The Hall–Kier alpha value is -3.88. The van der Waals surface area contributed by atoms with Crippen LogP contribution in [0.2, 0.25) is 0 Å². The molecule has 3 amide bonds. The van der Waals surface area contributed by atoms with Gasteiger partial charge in [-0.2, -0.15) is 18.4 Å². The summed E-state index contributed by atoms with van der Waals surface area (Å²) in [7, 11) is 0. The molecule has 4 rings (SSSR count). The zero-order chi connectivity index (χ0) is 25.2. The zero-order valence-electron chi connectivity index (χ0n) is 18.7. The van der Waals surface area contributed by atoms with Crippen LogP contribution in [0.1, 0.15) is 22.7 Å². The van der Waals surface area contributed by atoms with Gasteiger partial charge in [-0.3, -0.25) is 9.69 Å². The van der Waals surface area contributed by atoms with E-state index in [2.05, 4.69) is 16.4 Å². The maximum absolute atomic E-state index is 13.4. The molecule has 1 atom stereocenters. The number of hydrogen-bond donors (Lipinski definition) is 3. The molecule has 2 aliphatic rings. The predicted octanol–water partition coefficient (Wildman–Crippen LogP) is 1.78. The summed E-state index contributed by atoms with van der Waals surface area (Å²) in [6, 6.07) is 11.5.